The lowest BCUT2D eigenvalue weighted by Gasteiger charge is -1.98. The minimum Gasteiger partial charge on any atom is -0.386 e. The molecule has 2 rings (SSSR count). The maximum atomic E-state index is 11.5. The Balaban J connectivity index is 2.23. The van der Waals surface area contributed by atoms with Crippen molar-refractivity contribution in [2.24, 2.45) is 0 Å². The van der Waals surface area contributed by atoms with Crippen molar-refractivity contribution in [3.63, 3.8) is 0 Å². The Morgan fingerprint density at radius 2 is 2.11 bits per heavy atom. The molecule has 0 radical (unpaired) electrons. The molecule has 1 aromatic carbocycles. The van der Waals surface area contributed by atoms with Crippen LogP contribution in [0.1, 0.15) is 33.2 Å². The summed E-state index contributed by atoms with van der Waals surface area (Å²) in [6.45, 7) is 1.49. The van der Waals surface area contributed by atoms with Crippen molar-refractivity contribution >= 4 is 34.9 Å². The minimum atomic E-state index is -0.616. The second-order valence-electron chi connectivity index (χ2n) is 3.65. The molecule has 1 aliphatic heterocycles. The van der Waals surface area contributed by atoms with Crippen LogP contribution in [0.3, 0.4) is 0 Å². The molecule has 0 aliphatic carbocycles. The van der Waals surface area contributed by atoms with Gasteiger partial charge in [-0.25, -0.2) is 9.59 Å². The molecule has 1 aromatic rings. The van der Waals surface area contributed by atoms with Gasteiger partial charge in [-0.3, -0.25) is 4.79 Å². The number of hydrogen-bond acceptors (Lipinski definition) is 5. The van der Waals surface area contributed by atoms with E-state index in [0.29, 0.717) is 22.4 Å². The number of fused-ring (bicyclic) bond motifs is 1. The number of rotatable bonds is 3. The maximum Gasteiger partial charge on any atom is 0.347 e. The van der Waals surface area contributed by atoms with Gasteiger partial charge in [0.25, 0.3) is 0 Å². The average Bonchev–Trinajstić information content (AvgIpc) is 2.61. The molecule has 92 valence electrons. The molecule has 0 saturated heterocycles. The van der Waals surface area contributed by atoms with E-state index in [0.717, 1.165) is 0 Å². The van der Waals surface area contributed by atoms with Gasteiger partial charge in [0.2, 0.25) is 0 Å². The number of hydrogen-bond donors (Lipinski definition) is 0. The molecule has 0 fully saturated rings. The van der Waals surface area contributed by atoms with Gasteiger partial charge in [-0.05, 0) is 11.6 Å². The number of carbonyl (C=O) groups excluding carboxylic acids is 3. The molecule has 0 spiro atoms. The van der Waals surface area contributed by atoms with Crippen molar-refractivity contribution in [1.82, 2.24) is 0 Å². The van der Waals surface area contributed by atoms with Gasteiger partial charge in [0, 0.05) is 12.7 Å². The van der Waals surface area contributed by atoms with Gasteiger partial charge >= 0.3 is 11.9 Å². The van der Waals surface area contributed by atoms with Crippen LogP contribution in [0, 0.1) is 0 Å². The van der Waals surface area contributed by atoms with Gasteiger partial charge in [-0.15, -0.1) is 0 Å². The van der Waals surface area contributed by atoms with Gasteiger partial charge in [-0.2, -0.15) is 0 Å². The highest BCUT2D eigenvalue weighted by Crippen LogP contribution is 2.24. The molecular formula is C13H10O4S. The van der Waals surface area contributed by atoms with E-state index < -0.39 is 11.9 Å². The zero-order valence-electron chi connectivity index (χ0n) is 9.64. The van der Waals surface area contributed by atoms with Crippen molar-refractivity contribution in [1.29, 1.82) is 0 Å². The molecule has 1 heterocycles. The van der Waals surface area contributed by atoms with E-state index in [9.17, 15) is 14.4 Å². The van der Waals surface area contributed by atoms with Crippen LogP contribution in [0.5, 0.6) is 0 Å². The Bertz CT molecular complexity index is 560. The zero-order chi connectivity index (χ0) is 13.1. The number of ether oxygens (including phenoxy) is 1. The first-order valence-electron chi connectivity index (χ1n) is 5.29. The van der Waals surface area contributed by atoms with E-state index in [-0.39, 0.29) is 5.12 Å². The van der Waals surface area contributed by atoms with Gasteiger partial charge in [-0.1, -0.05) is 36.0 Å². The summed E-state index contributed by atoms with van der Waals surface area (Å²) in [5, 5.41) is 0.0347. The topological polar surface area (TPSA) is 60.4 Å². The lowest BCUT2D eigenvalue weighted by atomic mass is 10.0. The van der Waals surface area contributed by atoms with Crippen LogP contribution in [-0.4, -0.2) is 22.8 Å². The molecule has 0 aromatic heterocycles. The third-order valence-corrected chi connectivity index (χ3v) is 3.15. The molecule has 0 saturated carbocycles. The fourth-order valence-electron chi connectivity index (χ4n) is 1.64. The average molecular weight is 262 g/mol. The summed E-state index contributed by atoms with van der Waals surface area (Å²) in [5.74, 6) is -0.694. The van der Waals surface area contributed by atoms with Gasteiger partial charge in [0.1, 0.15) is 0 Å². The molecule has 0 bridgehead atoms. The van der Waals surface area contributed by atoms with E-state index in [4.69, 9.17) is 0 Å². The van der Waals surface area contributed by atoms with Crippen molar-refractivity contribution in [2.45, 2.75) is 6.92 Å². The number of cyclic esters (lactones) is 2. The number of benzene rings is 1. The van der Waals surface area contributed by atoms with Crippen LogP contribution in [0.15, 0.2) is 24.3 Å². The molecular weight excluding hydrogens is 252 g/mol. The standard InChI is InChI=1S/C13H10O4S/c1-8(14)18-7-3-5-9-4-2-6-10-11(9)13(16)17-12(10)15/h2-6H,7H2,1H3. The monoisotopic (exact) mass is 262 g/mol. The van der Waals surface area contributed by atoms with Crippen LogP contribution in [0.2, 0.25) is 0 Å². The Morgan fingerprint density at radius 3 is 2.83 bits per heavy atom. The van der Waals surface area contributed by atoms with Gasteiger partial charge in [0.15, 0.2) is 5.12 Å². The summed E-state index contributed by atoms with van der Waals surface area (Å²) in [6, 6.07) is 4.98. The number of thioether (sulfide) groups is 1. The molecule has 1 aliphatic rings. The van der Waals surface area contributed by atoms with Crippen LogP contribution in [0.25, 0.3) is 6.08 Å². The third-order valence-electron chi connectivity index (χ3n) is 2.39. The Labute approximate surface area is 108 Å². The number of carbonyl (C=O) groups is 3. The van der Waals surface area contributed by atoms with E-state index in [1.165, 1.54) is 18.7 Å². The van der Waals surface area contributed by atoms with Crippen LogP contribution in [-0.2, 0) is 9.53 Å². The van der Waals surface area contributed by atoms with Crippen molar-refractivity contribution < 1.29 is 19.1 Å². The van der Waals surface area contributed by atoms with Crippen LogP contribution >= 0.6 is 11.8 Å². The maximum absolute atomic E-state index is 11.5. The van der Waals surface area contributed by atoms with Crippen molar-refractivity contribution in [3.8, 4) is 0 Å². The normalized spacial score (nSPS) is 13.8. The zero-order valence-corrected chi connectivity index (χ0v) is 10.5. The van der Waals surface area contributed by atoms with E-state index in [1.54, 1.807) is 30.4 Å². The highest BCUT2D eigenvalue weighted by molar-refractivity contribution is 8.13. The molecule has 4 nitrogen and oxygen atoms in total. The summed E-state index contributed by atoms with van der Waals surface area (Å²) in [6.07, 6.45) is 3.49. The van der Waals surface area contributed by atoms with E-state index >= 15 is 0 Å². The Hall–Kier alpha value is -1.88. The SMILES string of the molecule is CC(=O)SCC=Cc1cccc2c1C(=O)OC2=O. The molecule has 18 heavy (non-hydrogen) atoms. The lowest BCUT2D eigenvalue weighted by Crippen LogP contribution is -1.98. The second kappa shape index (κ2) is 5.18. The number of esters is 2. The van der Waals surface area contributed by atoms with Crippen molar-refractivity contribution in [3.05, 3.63) is 41.0 Å². The van der Waals surface area contributed by atoms with E-state index in [1.807, 2.05) is 0 Å². The second-order valence-corrected chi connectivity index (χ2v) is 4.85. The lowest BCUT2D eigenvalue weighted by molar-refractivity contribution is -0.109. The van der Waals surface area contributed by atoms with Gasteiger partial charge < -0.3 is 4.74 Å². The first kappa shape index (κ1) is 12.6. The summed E-state index contributed by atoms with van der Waals surface area (Å²) >= 11 is 1.18. The Kier molecular flexibility index (Phi) is 3.62. The first-order chi connectivity index (χ1) is 8.59. The summed E-state index contributed by atoms with van der Waals surface area (Å²) < 4.78 is 4.55. The summed E-state index contributed by atoms with van der Waals surface area (Å²) in [5.41, 5.74) is 1.22. The highest BCUT2D eigenvalue weighted by atomic mass is 32.2. The summed E-state index contributed by atoms with van der Waals surface area (Å²) in [7, 11) is 0. The van der Waals surface area contributed by atoms with E-state index in [2.05, 4.69) is 4.74 Å². The van der Waals surface area contributed by atoms with Gasteiger partial charge in [0.05, 0.1) is 11.1 Å². The molecule has 0 unspecified atom stereocenters. The largest absolute Gasteiger partial charge is 0.386 e. The predicted molar refractivity (Wildman–Crippen MR) is 68.4 cm³/mol. The summed E-state index contributed by atoms with van der Waals surface area (Å²) in [4.78, 5) is 33.6. The molecule has 0 amide bonds. The van der Waals surface area contributed by atoms with Crippen LogP contribution in [0.4, 0.5) is 0 Å². The quantitative estimate of drug-likeness (QED) is 0.618. The predicted octanol–water partition coefficient (Wildman–Crippen LogP) is 2.29. The minimum absolute atomic E-state index is 0.0347. The van der Waals surface area contributed by atoms with Crippen LogP contribution < -0.4 is 0 Å². The highest BCUT2D eigenvalue weighted by Gasteiger charge is 2.31. The molecule has 0 N–H and O–H groups in total. The first-order valence-corrected chi connectivity index (χ1v) is 6.27. The molecule has 5 heteroatoms. The smallest absolute Gasteiger partial charge is 0.347 e. The third kappa shape index (κ3) is 2.51. The molecule has 0 atom stereocenters. The fraction of sp³-hybridized carbons (Fsp3) is 0.154. The van der Waals surface area contributed by atoms with Crippen molar-refractivity contribution in [2.75, 3.05) is 5.75 Å². The fourth-order valence-corrected chi connectivity index (χ4v) is 2.06. The Morgan fingerprint density at radius 1 is 1.33 bits per heavy atom.